The van der Waals surface area contributed by atoms with Gasteiger partial charge in [0.15, 0.2) is 0 Å². The van der Waals surface area contributed by atoms with Gasteiger partial charge >= 0.3 is 0 Å². The predicted molar refractivity (Wildman–Crippen MR) is 91.4 cm³/mol. The molecular weight excluding hydrogens is 302 g/mol. The van der Waals surface area contributed by atoms with Gasteiger partial charge < -0.3 is 4.90 Å². The van der Waals surface area contributed by atoms with Crippen molar-refractivity contribution in [2.24, 2.45) is 18.9 Å². The number of carbonyl (C=O) groups is 1. The second kappa shape index (κ2) is 6.02. The third-order valence-electron chi connectivity index (χ3n) is 5.16. The summed E-state index contributed by atoms with van der Waals surface area (Å²) in [6, 6.07) is 6.14. The van der Waals surface area contributed by atoms with E-state index >= 15 is 0 Å². The molecule has 2 aromatic rings. The predicted octanol–water partition coefficient (Wildman–Crippen LogP) is 1.61. The largest absolute Gasteiger partial charge is 0.309 e. The Morgan fingerprint density at radius 2 is 2.17 bits per heavy atom. The lowest BCUT2D eigenvalue weighted by molar-refractivity contribution is -0.124. The quantitative estimate of drug-likeness (QED) is 0.860. The second-order valence-corrected chi connectivity index (χ2v) is 6.98. The molecule has 0 spiro atoms. The number of carbonyl (C=O) groups excluding carboxylic acids is 1. The first-order chi connectivity index (χ1) is 11.6. The second-order valence-electron chi connectivity index (χ2n) is 6.98. The average Bonchev–Trinajstić information content (AvgIpc) is 3.14. The van der Waals surface area contributed by atoms with E-state index in [9.17, 15) is 4.79 Å². The van der Waals surface area contributed by atoms with Gasteiger partial charge in [-0.05, 0) is 31.4 Å². The number of likely N-dealkylation sites (tertiary alicyclic amines) is 1. The molecule has 1 amide bonds. The van der Waals surface area contributed by atoms with E-state index < -0.39 is 0 Å². The molecule has 24 heavy (non-hydrogen) atoms. The van der Waals surface area contributed by atoms with Gasteiger partial charge in [0, 0.05) is 45.1 Å². The summed E-state index contributed by atoms with van der Waals surface area (Å²) in [5.41, 5.74) is 3.05. The van der Waals surface area contributed by atoms with E-state index in [2.05, 4.69) is 27.1 Å². The fourth-order valence-corrected chi connectivity index (χ4v) is 3.99. The first-order valence-corrected chi connectivity index (χ1v) is 8.55. The van der Waals surface area contributed by atoms with Gasteiger partial charge in [-0.15, -0.1) is 0 Å². The van der Waals surface area contributed by atoms with Crippen LogP contribution in [0.1, 0.15) is 17.8 Å². The molecule has 2 fully saturated rings. The number of hydrogen-bond donors (Lipinski definition) is 0. The molecule has 4 rings (SSSR count). The van der Waals surface area contributed by atoms with Crippen LogP contribution in [0.4, 0.5) is 5.69 Å². The summed E-state index contributed by atoms with van der Waals surface area (Å²) in [5, 5.41) is 4.19. The van der Waals surface area contributed by atoms with Crippen LogP contribution in [-0.2, 0) is 18.4 Å². The standard InChI is InChI=1S/C18H23N5O/c1-13-4-3-5-15(20-13)10-22-9-14-6-7-23(18(24)17(14)12-22)16-8-19-21(2)11-16/h3-5,8,11,14,17H,6-7,9-10,12H2,1-2H3/t14-,17-/m0/s1. The molecule has 4 heterocycles. The molecule has 0 radical (unpaired) electrons. The highest BCUT2D eigenvalue weighted by Gasteiger charge is 2.43. The summed E-state index contributed by atoms with van der Waals surface area (Å²) in [6.07, 6.45) is 4.76. The molecule has 2 saturated heterocycles. The molecule has 0 bridgehead atoms. The zero-order valence-electron chi connectivity index (χ0n) is 14.2. The minimum Gasteiger partial charge on any atom is -0.309 e. The molecule has 2 aliphatic rings. The first kappa shape index (κ1) is 15.3. The fourth-order valence-electron chi connectivity index (χ4n) is 3.99. The van der Waals surface area contributed by atoms with Gasteiger partial charge in [-0.3, -0.25) is 19.4 Å². The van der Waals surface area contributed by atoms with Gasteiger partial charge in [0.1, 0.15) is 0 Å². The lowest BCUT2D eigenvalue weighted by Gasteiger charge is -2.32. The minimum atomic E-state index is 0.101. The number of nitrogens with zero attached hydrogens (tertiary/aromatic N) is 5. The number of pyridine rings is 1. The summed E-state index contributed by atoms with van der Waals surface area (Å²) in [4.78, 5) is 21.8. The van der Waals surface area contributed by atoms with Crippen LogP contribution in [0.15, 0.2) is 30.6 Å². The molecule has 6 nitrogen and oxygen atoms in total. The third kappa shape index (κ3) is 2.82. The van der Waals surface area contributed by atoms with Crippen molar-refractivity contribution in [1.29, 1.82) is 0 Å². The Bertz CT molecular complexity index is 755. The fraction of sp³-hybridized carbons (Fsp3) is 0.500. The van der Waals surface area contributed by atoms with Crippen molar-refractivity contribution in [1.82, 2.24) is 19.7 Å². The first-order valence-electron chi connectivity index (χ1n) is 8.55. The van der Waals surface area contributed by atoms with Gasteiger partial charge in [0.2, 0.25) is 5.91 Å². The SMILES string of the molecule is Cc1cccc(CN2C[C@@H]3CCN(c4cnn(C)c4)C(=O)[C@H]3C2)n1. The molecule has 0 aliphatic carbocycles. The van der Waals surface area contributed by atoms with E-state index in [0.717, 1.165) is 49.7 Å². The number of fused-ring (bicyclic) bond motifs is 1. The molecule has 2 atom stereocenters. The molecule has 0 unspecified atom stereocenters. The van der Waals surface area contributed by atoms with Gasteiger partial charge in [-0.2, -0.15) is 5.10 Å². The summed E-state index contributed by atoms with van der Waals surface area (Å²) >= 11 is 0. The molecule has 0 N–H and O–H groups in total. The smallest absolute Gasteiger partial charge is 0.231 e. The van der Waals surface area contributed by atoms with Crippen LogP contribution in [0.3, 0.4) is 0 Å². The van der Waals surface area contributed by atoms with Gasteiger partial charge in [-0.25, -0.2) is 0 Å². The van der Waals surface area contributed by atoms with Crippen LogP contribution in [0.2, 0.25) is 0 Å². The Hall–Kier alpha value is -2.21. The number of rotatable bonds is 3. The molecular formula is C18H23N5O. The Kier molecular flexibility index (Phi) is 3.84. The monoisotopic (exact) mass is 325 g/mol. The van der Waals surface area contributed by atoms with Crippen molar-refractivity contribution in [3.8, 4) is 0 Å². The lowest BCUT2D eigenvalue weighted by Crippen LogP contribution is -2.45. The highest BCUT2D eigenvalue weighted by atomic mass is 16.2. The molecule has 0 saturated carbocycles. The Labute approximate surface area is 142 Å². The van der Waals surface area contributed by atoms with Crippen LogP contribution < -0.4 is 4.90 Å². The van der Waals surface area contributed by atoms with Crippen molar-refractivity contribution in [3.63, 3.8) is 0 Å². The number of hydrogen-bond acceptors (Lipinski definition) is 4. The average molecular weight is 325 g/mol. The molecule has 0 aromatic carbocycles. The molecule has 2 aliphatic heterocycles. The van der Waals surface area contributed by atoms with Gasteiger partial charge in [0.25, 0.3) is 0 Å². The van der Waals surface area contributed by atoms with Crippen LogP contribution in [0, 0.1) is 18.8 Å². The van der Waals surface area contributed by atoms with Crippen LogP contribution in [0.25, 0.3) is 0 Å². The zero-order chi connectivity index (χ0) is 16.7. The van der Waals surface area contributed by atoms with E-state index in [1.54, 1.807) is 10.9 Å². The third-order valence-corrected chi connectivity index (χ3v) is 5.16. The number of aryl methyl sites for hydroxylation is 2. The van der Waals surface area contributed by atoms with Crippen LogP contribution in [-0.4, -0.2) is 45.2 Å². The number of anilines is 1. The maximum absolute atomic E-state index is 12.9. The van der Waals surface area contributed by atoms with Crippen LogP contribution in [0.5, 0.6) is 0 Å². The maximum atomic E-state index is 12.9. The van der Waals surface area contributed by atoms with Crippen molar-refractivity contribution in [2.75, 3.05) is 24.5 Å². The minimum absolute atomic E-state index is 0.101. The lowest BCUT2D eigenvalue weighted by atomic mass is 9.88. The summed E-state index contributed by atoms with van der Waals surface area (Å²) < 4.78 is 1.75. The molecule has 2 aromatic heterocycles. The molecule has 6 heteroatoms. The topological polar surface area (TPSA) is 54.3 Å². The van der Waals surface area contributed by atoms with E-state index in [0.29, 0.717) is 5.92 Å². The Morgan fingerprint density at radius 3 is 2.92 bits per heavy atom. The summed E-state index contributed by atoms with van der Waals surface area (Å²) in [6.45, 7) is 5.46. The Balaban J connectivity index is 1.46. The number of aromatic nitrogens is 3. The zero-order valence-corrected chi connectivity index (χ0v) is 14.2. The Morgan fingerprint density at radius 1 is 1.29 bits per heavy atom. The van der Waals surface area contributed by atoms with Crippen molar-refractivity contribution < 1.29 is 4.79 Å². The van der Waals surface area contributed by atoms with Crippen molar-refractivity contribution in [3.05, 3.63) is 42.0 Å². The summed E-state index contributed by atoms with van der Waals surface area (Å²) in [7, 11) is 1.88. The number of amides is 1. The van der Waals surface area contributed by atoms with Crippen molar-refractivity contribution in [2.45, 2.75) is 19.9 Å². The van der Waals surface area contributed by atoms with Gasteiger partial charge in [0.05, 0.1) is 23.5 Å². The van der Waals surface area contributed by atoms with E-state index in [4.69, 9.17) is 0 Å². The highest BCUT2D eigenvalue weighted by molar-refractivity contribution is 5.96. The number of piperidine rings is 1. The van der Waals surface area contributed by atoms with Crippen molar-refractivity contribution >= 4 is 11.6 Å². The van der Waals surface area contributed by atoms with E-state index in [1.807, 2.05) is 31.1 Å². The molecule has 126 valence electrons. The highest BCUT2D eigenvalue weighted by Crippen LogP contribution is 2.34. The van der Waals surface area contributed by atoms with Crippen LogP contribution >= 0.6 is 0 Å². The maximum Gasteiger partial charge on any atom is 0.231 e. The summed E-state index contributed by atoms with van der Waals surface area (Å²) in [5.74, 6) is 0.818. The van der Waals surface area contributed by atoms with E-state index in [1.165, 1.54) is 0 Å². The normalized spacial score (nSPS) is 24.4. The van der Waals surface area contributed by atoms with E-state index in [-0.39, 0.29) is 11.8 Å². The van der Waals surface area contributed by atoms with Gasteiger partial charge in [-0.1, -0.05) is 6.07 Å².